The van der Waals surface area contributed by atoms with Crippen LogP contribution in [0.2, 0.25) is 5.02 Å². The molecule has 2 heterocycles. The Morgan fingerprint density at radius 3 is 2.48 bits per heavy atom. The quantitative estimate of drug-likeness (QED) is 0.726. The molecule has 4 rings (SSSR count). The van der Waals surface area contributed by atoms with Gasteiger partial charge in [-0.2, -0.15) is 4.98 Å². The molecule has 3 aromatic rings. The standard InChI is InChI=1S/C20H19ClFN5/c21-15-4-3-5-16(14-15)26-10-12-27(13-11-26)19-8-9-23-20(25-19)24-18-7-2-1-6-17(18)22/h1-9,14H,10-13H2,(H,23,24,25). The van der Waals surface area contributed by atoms with Crippen molar-refractivity contribution in [2.24, 2.45) is 0 Å². The molecular formula is C20H19ClFN5. The minimum absolute atomic E-state index is 0.332. The van der Waals surface area contributed by atoms with Crippen LogP contribution in [0.5, 0.6) is 0 Å². The third kappa shape index (κ3) is 4.11. The average Bonchev–Trinajstić information content (AvgIpc) is 2.70. The highest BCUT2D eigenvalue weighted by Gasteiger charge is 2.19. The Kier molecular flexibility index (Phi) is 5.07. The van der Waals surface area contributed by atoms with Crippen molar-refractivity contribution in [1.29, 1.82) is 0 Å². The van der Waals surface area contributed by atoms with Gasteiger partial charge in [-0.1, -0.05) is 29.8 Å². The third-order valence-corrected chi connectivity index (χ3v) is 4.77. The molecule has 138 valence electrons. The molecule has 0 unspecified atom stereocenters. The summed E-state index contributed by atoms with van der Waals surface area (Å²) in [6.45, 7) is 3.42. The van der Waals surface area contributed by atoms with Crippen LogP contribution in [0, 0.1) is 5.82 Å². The molecule has 1 aliphatic heterocycles. The lowest BCUT2D eigenvalue weighted by Crippen LogP contribution is -2.46. The predicted octanol–water partition coefficient (Wildman–Crippen LogP) is 4.34. The number of hydrogen-bond acceptors (Lipinski definition) is 5. The molecule has 1 aliphatic rings. The van der Waals surface area contributed by atoms with Crippen molar-refractivity contribution in [3.63, 3.8) is 0 Å². The first kappa shape index (κ1) is 17.5. The molecule has 1 saturated heterocycles. The normalized spacial score (nSPS) is 14.3. The second kappa shape index (κ2) is 7.80. The van der Waals surface area contributed by atoms with Gasteiger partial charge < -0.3 is 15.1 Å². The van der Waals surface area contributed by atoms with E-state index >= 15 is 0 Å². The molecule has 1 fully saturated rings. The minimum Gasteiger partial charge on any atom is -0.368 e. The van der Waals surface area contributed by atoms with Gasteiger partial charge in [-0.3, -0.25) is 0 Å². The molecule has 2 aromatic carbocycles. The second-order valence-corrected chi connectivity index (χ2v) is 6.73. The Labute approximate surface area is 162 Å². The van der Waals surface area contributed by atoms with Gasteiger partial charge in [0.1, 0.15) is 11.6 Å². The van der Waals surface area contributed by atoms with Crippen LogP contribution < -0.4 is 15.1 Å². The summed E-state index contributed by atoms with van der Waals surface area (Å²) >= 11 is 6.10. The van der Waals surface area contributed by atoms with Crippen LogP contribution in [-0.4, -0.2) is 36.1 Å². The summed E-state index contributed by atoms with van der Waals surface area (Å²) in [4.78, 5) is 13.3. The highest BCUT2D eigenvalue weighted by Crippen LogP contribution is 2.23. The molecule has 1 aromatic heterocycles. The van der Waals surface area contributed by atoms with Crippen molar-refractivity contribution in [2.75, 3.05) is 41.3 Å². The van der Waals surface area contributed by atoms with Crippen molar-refractivity contribution in [3.8, 4) is 0 Å². The van der Waals surface area contributed by atoms with Crippen LogP contribution in [0.1, 0.15) is 0 Å². The van der Waals surface area contributed by atoms with Crippen LogP contribution in [-0.2, 0) is 0 Å². The number of aromatic nitrogens is 2. The van der Waals surface area contributed by atoms with E-state index in [1.54, 1.807) is 24.4 Å². The van der Waals surface area contributed by atoms with Crippen LogP contribution in [0.4, 0.5) is 27.5 Å². The molecule has 0 aliphatic carbocycles. The van der Waals surface area contributed by atoms with Gasteiger partial charge in [0.15, 0.2) is 0 Å². The molecule has 0 saturated carbocycles. The van der Waals surface area contributed by atoms with Gasteiger partial charge in [-0.15, -0.1) is 0 Å². The number of nitrogens with one attached hydrogen (secondary N) is 1. The summed E-state index contributed by atoms with van der Waals surface area (Å²) in [5, 5.41) is 3.69. The largest absolute Gasteiger partial charge is 0.368 e. The number of halogens is 2. The molecule has 0 radical (unpaired) electrons. The van der Waals surface area contributed by atoms with Crippen molar-refractivity contribution >= 4 is 34.7 Å². The molecular weight excluding hydrogens is 365 g/mol. The van der Waals surface area contributed by atoms with Gasteiger partial charge in [0.05, 0.1) is 5.69 Å². The van der Waals surface area contributed by atoms with Gasteiger partial charge in [-0.25, -0.2) is 9.37 Å². The van der Waals surface area contributed by atoms with E-state index in [1.165, 1.54) is 6.07 Å². The van der Waals surface area contributed by atoms with Crippen LogP contribution in [0.3, 0.4) is 0 Å². The summed E-state index contributed by atoms with van der Waals surface area (Å²) in [6.07, 6.45) is 1.69. The third-order valence-electron chi connectivity index (χ3n) is 4.54. The Hall–Kier alpha value is -2.86. The number of anilines is 4. The van der Waals surface area contributed by atoms with Crippen molar-refractivity contribution < 1.29 is 4.39 Å². The topological polar surface area (TPSA) is 44.3 Å². The summed E-state index contributed by atoms with van der Waals surface area (Å²) in [5.41, 5.74) is 1.49. The molecule has 0 spiro atoms. The average molecular weight is 384 g/mol. The van der Waals surface area contributed by atoms with Gasteiger partial charge in [0, 0.05) is 43.1 Å². The number of para-hydroxylation sites is 1. The fourth-order valence-electron chi connectivity index (χ4n) is 3.14. The van der Waals surface area contributed by atoms with Gasteiger partial charge in [0.2, 0.25) is 5.95 Å². The highest BCUT2D eigenvalue weighted by atomic mass is 35.5. The highest BCUT2D eigenvalue weighted by molar-refractivity contribution is 6.30. The van der Waals surface area contributed by atoms with Gasteiger partial charge in [-0.05, 0) is 36.4 Å². The maximum absolute atomic E-state index is 13.8. The van der Waals surface area contributed by atoms with Crippen molar-refractivity contribution in [2.45, 2.75) is 0 Å². The number of hydrogen-bond donors (Lipinski definition) is 1. The molecule has 27 heavy (non-hydrogen) atoms. The predicted molar refractivity (Wildman–Crippen MR) is 108 cm³/mol. The molecule has 0 bridgehead atoms. The summed E-state index contributed by atoms with van der Waals surface area (Å²) in [5.74, 6) is 0.881. The molecule has 0 atom stereocenters. The van der Waals surface area contributed by atoms with E-state index in [0.29, 0.717) is 11.6 Å². The lowest BCUT2D eigenvalue weighted by Gasteiger charge is -2.36. The lowest BCUT2D eigenvalue weighted by molar-refractivity contribution is 0.631. The number of rotatable bonds is 4. The monoisotopic (exact) mass is 383 g/mol. The zero-order valence-electron chi connectivity index (χ0n) is 14.6. The first-order chi connectivity index (χ1) is 13.2. The van der Waals surface area contributed by atoms with E-state index in [9.17, 15) is 4.39 Å². The Morgan fingerprint density at radius 2 is 1.70 bits per heavy atom. The summed E-state index contributed by atoms with van der Waals surface area (Å²) in [6, 6.07) is 16.3. The fourth-order valence-corrected chi connectivity index (χ4v) is 3.32. The Balaban J connectivity index is 1.43. The number of piperazine rings is 1. The van der Waals surface area contributed by atoms with E-state index in [4.69, 9.17) is 11.6 Å². The van der Waals surface area contributed by atoms with Gasteiger partial charge in [0.25, 0.3) is 0 Å². The summed E-state index contributed by atoms with van der Waals surface area (Å²) < 4.78 is 13.8. The maximum atomic E-state index is 13.8. The molecule has 7 heteroatoms. The maximum Gasteiger partial charge on any atom is 0.229 e. The molecule has 1 N–H and O–H groups in total. The van der Waals surface area contributed by atoms with Gasteiger partial charge >= 0.3 is 0 Å². The Bertz CT molecular complexity index is 928. The van der Waals surface area contributed by atoms with E-state index in [2.05, 4.69) is 31.2 Å². The van der Waals surface area contributed by atoms with Crippen LogP contribution in [0.15, 0.2) is 60.8 Å². The first-order valence-corrected chi connectivity index (χ1v) is 9.17. The van der Waals surface area contributed by atoms with E-state index in [0.717, 1.165) is 42.7 Å². The Morgan fingerprint density at radius 1 is 0.926 bits per heavy atom. The van der Waals surface area contributed by atoms with E-state index in [1.807, 2.05) is 24.3 Å². The van der Waals surface area contributed by atoms with Crippen LogP contribution >= 0.6 is 11.6 Å². The lowest BCUT2D eigenvalue weighted by atomic mass is 10.2. The second-order valence-electron chi connectivity index (χ2n) is 6.30. The minimum atomic E-state index is -0.332. The molecule has 0 amide bonds. The zero-order chi connectivity index (χ0) is 18.6. The fraction of sp³-hybridized carbons (Fsp3) is 0.200. The first-order valence-electron chi connectivity index (χ1n) is 8.79. The zero-order valence-corrected chi connectivity index (χ0v) is 15.4. The smallest absolute Gasteiger partial charge is 0.229 e. The SMILES string of the molecule is Fc1ccccc1Nc1nccc(N2CCN(c3cccc(Cl)c3)CC2)n1. The van der Waals surface area contributed by atoms with Crippen LogP contribution in [0.25, 0.3) is 0 Å². The molecule has 5 nitrogen and oxygen atoms in total. The van der Waals surface area contributed by atoms with E-state index in [-0.39, 0.29) is 5.82 Å². The number of nitrogens with zero attached hydrogens (tertiary/aromatic N) is 4. The summed E-state index contributed by atoms with van der Waals surface area (Å²) in [7, 11) is 0. The van der Waals surface area contributed by atoms with Crippen molar-refractivity contribution in [1.82, 2.24) is 9.97 Å². The number of benzene rings is 2. The van der Waals surface area contributed by atoms with Crippen molar-refractivity contribution in [3.05, 3.63) is 71.6 Å². The van der Waals surface area contributed by atoms with E-state index < -0.39 is 0 Å².